The Labute approximate surface area is 99.6 Å². The molecule has 2 aromatic carbocycles. The zero-order valence-corrected chi connectivity index (χ0v) is 9.50. The van der Waals surface area contributed by atoms with E-state index in [0.717, 1.165) is 34.9 Å². The standard InChI is InChI=1S/C14H11ClO/c15-12-5-3-7-14-11(12)9-8-10-4-1-2-6-13(10)16-14/h1-7H,8-9H2. The molecule has 0 atom stereocenters. The van der Waals surface area contributed by atoms with Gasteiger partial charge < -0.3 is 4.74 Å². The summed E-state index contributed by atoms with van der Waals surface area (Å²) >= 11 is 6.18. The van der Waals surface area contributed by atoms with Crippen LogP contribution in [0.2, 0.25) is 5.02 Å². The Bertz CT molecular complexity index is 534. The smallest absolute Gasteiger partial charge is 0.132 e. The Morgan fingerprint density at radius 3 is 2.62 bits per heavy atom. The molecule has 0 fully saturated rings. The van der Waals surface area contributed by atoms with Gasteiger partial charge >= 0.3 is 0 Å². The van der Waals surface area contributed by atoms with Crippen LogP contribution in [0.25, 0.3) is 0 Å². The molecule has 0 amide bonds. The van der Waals surface area contributed by atoms with E-state index in [9.17, 15) is 0 Å². The van der Waals surface area contributed by atoms with Crippen LogP contribution < -0.4 is 4.74 Å². The third-order valence-electron chi connectivity index (χ3n) is 2.91. The maximum absolute atomic E-state index is 6.18. The summed E-state index contributed by atoms with van der Waals surface area (Å²) in [5.74, 6) is 1.83. The Morgan fingerprint density at radius 1 is 0.875 bits per heavy atom. The van der Waals surface area contributed by atoms with Gasteiger partial charge in [-0.25, -0.2) is 0 Å². The highest BCUT2D eigenvalue weighted by atomic mass is 35.5. The fourth-order valence-electron chi connectivity index (χ4n) is 2.07. The molecule has 0 aromatic heterocycles. The molecule has 0 aliphatic carbocycles. The second kappa shape index (κ2) is 3.84. The summed E-state index contributed by atoms with van der Waals surface area (Å²) in [6.07, 6.45) is 1.92. The van der Waals surface area contributed by atoms with Crippen molar-refractivity contribution in [2.45, 2.75) is 12.8 Å². The highest BCUT2D eigenvalue weighted by molar-refractivity contribution is 6.31. The molecule has 0 N–H and O–H groups in total. The SMILES string of the molecule is Clc1cccc2c1CCc1ccccc1O2. The van der Waals surface area contributed by atoms with Crippen molar-refractivity contribution in [3.63, 3.8) is 0 Å². The largest absolute Gasteiger partial charge is 0.457 e. The van der Waals surface area contributed by atoms with Gasteiger partial charge in [0.15, 0.2) is 0 Å². The normalized spacial score (nSPS) is 13.3. The van der Waals surface area contributed by atoms with Crippen molar-refractivity contribution in [3.05, 3.63) is 58.6 Å². The van der Waals surface area contributed by atoms with Gasteiger partial charge in [0.2, 0.25) is 0 Å². The van der Waals surface area contributed by atoms with Gasteiger partial charge in [-0.3, -0.25) is 0 Å². The molecular formula is C14H11ClO. The van der Waals surface area contributed by atoms with Crippen LogP contribution in [-0.2, 0) is 12.8 Å². The Kier molecular flexibility index (Phi) is 2.33. The number of halogens is 1. The molecule has 1 aliphatic rings. The maximum Gasteiger partial charge on any atom is 0.132 e. The zero-order chi connectivity index (χ0) is 11.0. The Balaban J connectivity index is 2.12. The highest BCUT2D eigenvalue weighted by Crippen LogP contribution is 2.36. The van der Waals surface area contributed by atoms with E-state index in [0.29, 0.717) is 0 Å². The Morgan fingerprint density at radius 2 is 1.69 bits per heavy atom. The van der Waals surface area contributed by atoms with Crippen LogP contribution in [0.1, 0.15) is 11.1 Å². The predicted molar refractivity (Wildman–Crippen MR) is 65.4 cm³/mol. The number of benzene rings is 2. The number of fused-ring (bicyclic) bond motifs is 2. The van der Waals surface area contributed by atoms with E-state index in [4.69, 9.17) is 16.3 Å². The first kappa shape index (κ1) is 9.73. The molecule has 16 heavy (non-hydrogen) atoms. The number of ether oxygens (including phenoxy) is 1. The summed E-state index contributed by atoms with van der Waals surface area (Å²) in [5, 5.41) is 0.797. The van der Waals surface area contributed by atoms with Gasteiger partial charge in [0.05, 0.1) is 0 Å². The van der Waals surface area contributed by atoms with E-state index < -0.39 is 0 Å². The van der Waals surface area contributed by atoms with Gasteiger partial charge in [0, 0.05) is 10.6 Å². The maximum atomic E-state index is 6.18. The fraction of sp³-hybridized carbons (Fsp3) is 0.143. The summed E-state index contributed by atoms with van der Waals surface area (Å²) in [4.78, 5) is 0. The summed E-state index contributed by atoms with van der Waals surface area (Å²) < 4.78 is 5.90. The first-order valence-electron chi connectivity index (χ1n) is 5.38. The van der Waals surface area contributed by atoms with Crippen molar-refractivity contribution >= 4 is 11.6 Å². The summed E-state index contributed by atoms with van der Waals surface area (Å²) in [5.41, 5.74) is 2.36. The first-order chi connectivity index (χ1) is 7.84. The average Bonchev–Trinajstić information content (AvgIpc) is 2.48. The molecule has 0 bridgehead atoms. The number of hydrogen-bond donors (Lipinski definition) is 0. The van der Waals surface area contributed by atoms with Crippen LogP contribution in [-0.4, -0.2) is 0 Å². The van der Waals surface area contributed by atoms with Crippen molar-refractivity contribution in [1.82, 2.24) is 0 Å². The molecule has 0 radical (unpaired) electrons. The minimum Gasteiger partial charge on any atom is -0.457 e. The summed E-state index contributed by atoms with van der Waals surface area (Å²) in [6.45, 7) is 0. The first-order valence-corrected chi connectivity index (χ1v) is 5.75. The lowest BCUT2D eigenvalue weighted by Gasteiger charge is -2.08. The van der Waals surface area contributed by atoms with Crippen molar-refractivity contribution in [1.29, 1.82) is 0 Å². The number of rotatable bonds is 0. The van der Waals surface area contributed by atoms with E-state index in [1.807, 2.05) is 36.4 Å². The van der Waals surface area contributed by atoms with Crippen molar-refractivity contribution in [2.24, 2.45) is 0 Å². The summed E-state index contributed by atoms with van der Waals surface area (Å²) in [6, 6.07) is 14.0. The lowest BCUT2D eigenvalue weighted by atomic mass is 10.0. The van der Waals surface area contributed by atoms with Gasteiger partial charge in [-0.1, -0.05) is 35.9 Å². The minimum atomic E-state index is 0.797. The molecule has 2 aromatic rings. The Hall–Kier alpha value is -1.47. The van der Waals surface area contributed by atoms with E-state index in [2.05, 4.69) is 6.07 Å². The number of para-hydroxylation sites is 1. The molecule has 3 rings (SSSR count). The van der Waals surface area contributed by atoms with Gasteiger partial charge in [0.1, 0.15) is 11.5 Å². The molecule has 0 unspecified atom stereocenters. The van der Waals surface area contributed by atoms with Crippen LogP contribution >= 0.6 is 11.6 Å². The van der Waals surface area contributed by atoms with Gasteiger partial charge in [-0.05, 0) is 36.6 Å². The van der Waals surface area contributed by atoms with Crippen molar-refractivity contribution < 1.29 is 4.74 Å². The topological polar surface area (TPSA) is 9.23 Å². The van der Waals surface area contributed by atoms with E-state index >= 15 is 0 Å². The monoisotopic (exact) mass is 230 g/mol. The van der Waals surface area contributed by atoms with Crippen molar-refractivity contribution in [3.8, 4) is 11.5 Å². The van der Waals surface area contributed by atoms with Crippen LogP contribution in [0.15, 0.2) is 42.5 Å². The summed E-state index contributed by atoms with van der Waals surface area (Å²) in [7, 11) is 0. The second-order valence-electron chi connectivity index (χ2n) is 3.93. The molecule has 0 spiro atoms. The highest BCUT2D eigenvalue weighted by Gasteiger charge is 2.15. The second-order valence-corrected chi connectivity index (χ2v) is 4.33. The molecule has 1 heterocycles. The van der Waals surface area contributed by atoms with E-state index in [1.165, 1.54) is 5.56 Å². The average molecular weight is 231 g/mol. The van der Waals surface area contributed by atoms with Crippen LogP contribution in [0.4, 0.5) is 0 Å². The lowest BCUT2D eigenvalue weighted by Crippen LogP contribution is -1.89. The van der Waals surface area contributed by atoms with Crippen LogP contribution in [0.3, 0.4) is 0 Å². The minimum absolute atomic E-state index is 0.797. The number of hydrogen-bond acceptors (Lipinski definition) is 1. The van der Waals surface area contributed by atoms with Crippen LogP contribution in [0, 0.1) is 0 Å². The molecule has 1 aliphatic heterocycles. The molecule has 0 saturated heterocycles. The molecule has 0 saturated carbocycles. The number of aryl methyl sites for hydroxylation is 1. The molecule has 1 nitrogen and oxygen atoms in total. The fourth-order valence-corrected chi connectivity index (χ4v) is 2.33. The van der Waals surface area contributed by atoms with Gasteiger partial charge in [0.25, 0.3) is 0 Å². The molecule has 80 valence electrons. The third kappa shape index (κ3) is 1.57. The molecule has 2 heteroatoms. The predicted octanol–water partition coefficient (Wildman–Crippen LogP) is 4.23. The van der Waals surface area contributed by atoms with Crippen LogP contribution in [0.5, 0.6) is 11.5 Å². The van der Waals surface area contributed by atoms with Gasteiger partial charge in [-0.15, -0.1) is 0 Å². The van der Waals surface area contributed by atoms with E-state index in [1.54, 1.807) is 0 Å². The zero-order valence-electron chi connectivity index (χ0n) is 8.74. The van der Waals surface area contributed by atoms with Crippen molar-refractivity contribution in [2.75, 3.05) is 0 Å². The van der Waals surface area contributed by atoms with Gasteiger partial charge in [-0.2, -0.15) is 0 Å². The molecular weight excluding hydrogens is 220 g/mol. The van der Waals surface area contributed by atoms with E-state index in [-0.39, 0.29) is 0 Å². The lowest BCUT2D eigenvalue weighted by molar-refractivity contribution is 0.479. The third-order valence-corrected chi connectivity index (χ3v) is 3.27. The quantitative estimate of drug-likeness (QED) is 0.658.